The largest absolute Gasteiger partial charge is 0.418 e. The molecule has 1 amide bonds. The number of aryl methyl sites for hydroxylation is 1. The van der Waals surface area contributed by atoms with Gasteiger partial charge in [-0.3, -0.25) is 13.8 Å². The normalized spacial score (nSPS) is 19.1. The highest BCUT2D eigenvalue weighted by molar-refractivity contribution is 5.73. The number of aromatic nitrogens is 5. The first kappa shape index (κ1) is 26.3. The van der Waals surface area contributed by atoms with Gasteiger partial charge in [0.2, 0.25) is 5.91 Å². The van der Waals surface area contributed by atoms with Crippen LogP contribution in [0.25, 0.3) is 11.2 Å². The fourth-order valence-corrected chi connectivity index (χ4v) is 6.23. The molecule has 2 fully saturated rings. The van der Waals surface area contributed by atoms with Crippen molar-refractivity contribution >= 4 is 11.4 Å². The topological polar surface area (TPSA) is 77.4 Å². The van der Waals surface area contributed by atoms with E-state index < -0.39 is 17.4 Å². The molecule has 1 aromatic carbocycles. The van der Waals surface area contributed by atoms with Gasteiger partial charge < -0.3 is 9.47 Å². The summed E-state index contributed by atoms with van der Waals surface area (Å²) in [6.07, 6.45) is 4.38. The van der Waals surface area contributed by atoms with Crippen LogP contribution in [0.3, 0.4) is 0 Å². The number of carbonyl (C=O) groups is 1. The zero-order chi connectivity index (χ0) is 28.2. The average Bonchev–Trinajstić information content (AvgIpc) is 3.47. The first-order valence-electron chi connectivity index (χ1n) is 13.7. The molecule has 0 spiro atoms. The van der Waals surface area contributed by atoms with Gasteiger partial charge in [0.15, 0.2) is 0 Å². The average molecular weight is 553 g/mol. The second-order valence-corrected chi connectivity index (χ2v) is 11.1. The Kier molecular flexibility index (Phi) is 6.54. The van der Waals surface area contributed by atoms with Gasteiger partial charge in [-0.1, -0.05) is 18.6 Å². The van der Waals surface area contributed by atoms with Crippen LogP contribution in [0.4, 0.5) is 13.2 Å². The number of likely N-dealkylation sites (tertiary alicyclic amines) is 1. The van der Waals surface area contributed by atoms with Gasteiger partial charge in [-0.2, -0.15) is 13.2 Å². The van der Waals surface area contributed by atoms with Crippen molar-refractivity contribution < 1.29 is 18.0 Å². The van der Waals surface area contributed by atoms with Crippen molar-refractivity contribution in [2.45, 2.75) is 57.0 Å². The molecule has 0 unspecified atom stereocenters. The van der Waals surface area contributed by atoms with E-state index in [0.29, 0.717) is 43.1 Å². The van der Waals surface area contributed by atoms with E-state index in [-0.39, 0.29) is 23.3 Å². The number of pyridine rings is 1. The molecule has 1 saturated carbocycles. The second kappa shape index (κ2) is 9.94. The predicted molar refractivity (Wildman–Crippen MR) is 142 cm³/mol. The molecule has 6 rings (SSSR count). The third kappa shape index (κ3) is 4.61. The number of alkyl halides is 3. The zero-order valence-electron chi connectivity index (χ0n) is 22.4. The summed E-state index contributed by atoms with van der Waals surface area (Å²) in [6.45, 7) is 2.38. The van der Waals surface area contributed by atoms with Crippen LogP contribution in [-0.2, 0) is 18.0 Å². The lowest BCUT2D eigenvalue weighted by Crippen LogP contribution is -2.37. The Balaban J connectivity index is 1.45. The summed E-state index contributed by atoms with van der Waals surface area (Å²) in [4.78, 5) is 27.2. The summed E-state index contributed by atoms with van der Waals surface area (Å²) in [7, 11) is 1.90. The van der Waals surface area contributed by atoms with Crippen molar-refractivity contribution in [3.05, 3.63) is 82.1 Å². The van der Waals surface area contributed by atoms with Crippen molar-refractivity contribution in [2.75, 3.05) is 13.1 Å². The molecule has 0 bridgehead atoms. The lowest BCUT2D eigenvalue weighted by atomic mass is 9.72. The number of rotatable bonds is 5. The highest BCUT2D eigenvalue weighted by Crippen LogP contribution is 2.43. The molecule has 0 N–H and O–H groups in total. The fourth-order valence-electron chi connectivity index (χ4n) is 6.23. The van der Waals surface area contributed by atoms with Crippen LogP contribution in [-0.4, -0.2) is 47.6 Å². The van der Waals surface area contributed by atoms with Crippen molar-refractivity contribution in [3.63, 3.8) is 0 Å². The Morgan fingerprint density at radius 3 is 2.55 bits per heavy atom. The number of benzene rings is 1. The third-order valence-corrected chi connectivity index (χ3v) is 8.59. The van der Waals surface area contributed by atoms with E-state index in [0.717, 1.165) is 41.1 Å². The lowest BCUT2D eigenvalue weighted by molar-refractivity contribution is -0.136. The van der Waals surface area contributed by atoms with Crippen LogP contribution < -0.4 is 5.69 Å². The first-order valence-corrected chi connectivity index (χ1v) is 13.7. The Bertz CT molecular complexity index is 1630. The monoisotopic (exact) mass is 552 g/mol. The SMILES string of the molecule is CC(=O)N1CCC[C@@H](c2cc(C(F)(F)F)c3cn(-c4cccc([C@H](c5nncn5C)C5CCC5)c4)c(=O)n3c2)C1. The van der Waals surface area contributed by atoms with Gasteiger partial charge in [0.05, 0.1) is 16.8 Å². The summed E-state index contributed by atoms with van der Waals surface area (Å²) >= 11 is 0. The number of amides is 1. The van der Waals surface area contributed by atoms with E-state index in [4.69, 9.17) is 0 Å². The maximum atomic E-state index is 14.3. The van der Waals surface area contributed by atoms with Crippen LogP contribution in [0.1, 0.15) is 73.4 Å². The number of halogens is 3. The van der Waals surface area contributed by atoms with Gasteiger partial charge in [-0.05, 0) is 60.9 Å². The fraction of sp³-hybridized carbons (Fsp3) is 0.448. The minimum absolute atomic E-state index is 0.0261. The summed E-state index contributed by atoms with van der Waals surface area (Å²) in [6, 6.07) is 8.56. The first-order chi connectivity index (χ1) is 19.1. The molecule has 210 valence electrons. The molecule has 4 heterocycles. The van der Waals surface area contributed by atoms with Gasteiger partial charge in [-0.25, -0.2) is 4.79 Å². The van der Waals surface area contributed by atoms with Crippen molar-refractivity contribution in [1.82, 2.24) is 28.6 Å². The number of carbonyl (C=O) groups excluding carboxylic acids is 1. The second-order valence-electron chi connectivity index (χ2n) is 11.1. The van der Waals surface area contributed by atoms with Crippen LogP contribution in [0, 0.1) is 5.92 Å². The Morgan fingerprint density at radius 1 is 1.10 bits per heavy atom. The van der Waals surface area contributed by atoms with Gasteiger partial charge >= 0.3 is 11.9 Å². The summed E-state index contributed by atoms with van der Waals surface area (Å²) in [5.41, 5.74) is 0.221. The van der Waals surface area contributed by atoms with E-state index >= 15 is 0 Å². The van der Waals surface area contributed by atoms with Gasteiger partial charge in [0.25, 0.3) is 0 Å². The van der Waals surface area contributed by atoms with Crippen LogP contribution in [0.5, 0.6) is 0 Å². The molecule has 0 radical (unpaired) electrons. The highest BCUT2D eigenvalue weighted by Gasteiger charge is 2.36. The molecule has 1 saturated heterocycles. The standard InChI is InChI=1S/C29H31F3N6O2/c1-18(39)36-11-5-9-21(14-36)22-13-24(29(30,31)32)25-16-37(28(40)38(25)15-22)23-10-4-8-20(12-23)26(19-6-3-7-19)27-34-33-17-35(27)2/h4,8,10,12-13,15-17,19,21,26H,3,5-7,9,11,14H2,1-2H3/t21-,26-/m1/s1. The molecular weight excluding hydrogens is 521 g/mol. The van der Waals surface area contributed by atoms with Gasteiger partial charge in [0.1, 0.15) is 12.2 Å². The number of hydrogen-bond acceptors (Lipinski definition) is 4. The maximum absolute atomic E-state index is 14.3. The smallest absolute Gasteiger partial charge is 0.342 e. The molecule has 1 aliphatic heterocycles. The molecule has 2 aliphatic rings. The lowest BCUT2D eigenvalue weighted by Gasteiger charge is -2.33. The maximum Gasteiger partial charge on any atom is 0.418 e. The Labute approximate surface area is 229 Å². The van der Waals surface area contributed by atoms with Crippen LogP contribution >= 0.6 is 0 Å². The minimum Gasteiger partial charge on any atom is -0.342 e. The molecule has 11 heteroatoms. The van der Waals surface area contributed by atoms with E-state index in [9.17, 15) is 22.8 Å². The van der Waals surface area contributed by atoms with E-state index in [1.54, 1.807) is 17.3 Å². The molecule has 8 nitrogen and oxygen atoms in total. The Hall–Kier alpha value is -3.89. The Morgan fingerprint density at radius 2 is 1.90 bits per heavy atom. The molecule has 4 aromatic rings. The summed E-state index contributed by atoms with van der Waals surface area (Å²) in [5.74, 6) is 0.796. The number of piperidine rings is 1. The van der Waals surface area contributed by atoms with Crippen molar-refractivity contribution in [1.29, 1.82) is 0 Å². The van der Waals surface area contributed by atoms with E-state index in [1.807, 2.05) is 29.8 Å². The predicted octanol–water partition coefficient (Wildman–Crippen LogP) is 4.90. The zero-order valence-corrected chi connectivity index (χ0v) is 22.4. The molecule has 3 aromatic heterocycles. The summed E-state index contributed by atoms with van der Waals surface area (Å²) < 4.78 is 47.2. The molecular formula is C29H31F3N6O2. The third-order valence-electron chi connectivity index (χ3n) is 8.59. The number of imidazole rings is 1. The number of fused-ring (bicyclic) bond motifs is 1. The summed E-state index contributed by atoms with van der Waals surface area (Å²) in [5, 5.41) is 8.40. The van der Waals surface area contributed by atoms with Gasteiger partial charge in [-0.15, -0.1) is 10.2 Å². The van der Waals surface area contributed by atoms with Gasteiger partial charge in [0, 0.05) is 51.3 Å². The van der Waals surface area contributed by atoms with E-state index in [2.05, 4.69) is 10.2 Å². The quantitative estimate of drug-likeness (QED) is 0.353. The van der Waals surface area contributed by atoms with E-state index in [1.165, 1.54) is 23.9 Å². The van der Waals surface area contributed by atoms with Crippen molar-refractivity contribution in [3.8, 4) is 5.69 Å². The van der Waals surface area contributed by atoms with Crippen molar-refractivity contribution in [2.24, 2.45) is 13.0 Å². The highest BCUT2D eigenvalue weighted by atomic mass is 19.4. The molecule has 1 aliphatic carbocycles. The van der Waals surface area contributed by atoms with Crippen LogP contribution in [0.2, 0.25) is 0 Å². The molecule has 2 atom stereocenters. The number of hydrogen-bond donors (Lipinski definition) is 0. The minimum atomic E-state index is -4.66. The van der Waals surface area contributed by atoms with Crippen LogP contribution in [0.15, 0.2) is 53.8 Å². The molecule has 40 heavy (non-hydrogen) atoms. The number of nitrogens with zero attached hydrogens (tertiary/aromatic N) is 6.